The standard InChI is InChI=1S/C15H26N4O4/c1-4-23-15(22)18-7-5-17(6-8-18)14(21)16-12-9-13(20)19(10-12)11(2)3/h11-12H,4-10H2,1-3H3,(H,16,21). The van der Waals surface area contributed by atoms with Crippen LogP contribution in [0.3, 0.4) is 0 Å². The van der Waals surface area contributed by atoms with Crippen molar-refractivity contribution in [2.75, 3.05) is 39.3 Å². The van der Waals surface area contributed by atoms with Crippen molar-refractivity contribution in [1.29, 1.82) is 0 Å². The van der Waals surface area contributed by atoms with Gasteiger partial charge in [-0.3, -0.25) is 4.79 Å². The molecule has 1 unspecified atom stereocenters. The van der Waals surface area contributed by atoms with E-state index in [4.69, 9.17) is 4.74 Å². The van der Waals surface area contributed by atoms with Gasteiger partial charge >= 0.3 is 12.1 Å². The third-order valence-corrected chi connectivity index (χ3v) is 4.20. The van der Waals surface area contributed by atoms with Gasteiger partial charge in [0.1, 0.15) is 0 Å². The average molecular weight is 326 g/mol. The van der Waals surface area contributed by atoms with Gasteiger partial charge in [-0.1, -0.05) is 0 Å². The summed E-state index contributed by atoms with van der Waals surface area (Å²) in [5.74, 6) is 0.0810. The molecule has 8 nitrogen and oxygen atoms in total. The van der Waals surface area contributed by atoms with Crippen molar-refractivity contribution < 1.29 is 19.1 Å². The summed E-state index contributed by atoms with van der Waals surface area (Å²) >= 11 is 0. The van der Waals surface area contributed by atoms with Gasteiger partial charge in [-0.2, -0.15) is 0 Å². The summed E-state index contributed by atoms with van der Waals surface area (Å²) < 4.78 is 4.96. The van der Waals surface area contributed by atoms with Gasteiger partial charge in [0, 0.05) is 45.2 Å². The molecule has 0 aromatic heterocycles. The molecule has 2 saturated heterocycles. The molecule has 2 aliphatic heterocycles. The molecule has 2 heterocycles. The number of ether oxygens (including phenoxy) is 1. The minimum Gasteiger partial charge on any atom is -0.450 e. The first-order valence-electron chi connectivity index (χ1n) is 8.19. The number of amides is 4. The van der Waals surface area contributed by atoms with Crippen molar-refractivity contribution in [3.05, 3.63) is 0 Å². The Hall–Kier alpha value is -1.99. The highest BCUT2D eigenvalue weighted by Crippen LogP contribution is 2.15. The Morgan fingerprint density at radius 2 is 1.83 bits per heavy atom. The number of carbonyl (C=O) groups is 3. The second-order valence-electron chi connectivity index (χ2n) is 6.16. The number of hydrogen-bond acceptors (Lipinski definition) is 4. The quantitative estimate of drug-likeness (QED) is 0.818. The summed E-state index contributed by atoms with van der Waals surface area (Å²) in [6.07, 6.45) is 0.0220. The van der Waals surface area contributed by atoms with Gasteiger partial charge in [-0.15, -0.1) is 0 Å². The molecular formula is C15H26N4O4. The van der Waals surface area contributed by atoms with Crippen molar-refractivity contribution in [3.8, 4) is 0 Å². The fourth-order valence-electron chi connectivity index (χ4n) is 2.90. The summed E-state index contributed by atoms with van der Waals surface area (Å²) in [4.78, 5) is 40.9. The lowest BCUT2D eigenvalue weighted by atomic mass is 10.2. The van der Waals surface area contributed by atoms with E-state index < -0.39 is 0 Å². The number of rotatable bonds is 3. The van der Waals surface area contributed by atoms with Gasteiger partial charge in [0.2, 0.25) is 5.91 Å². The first-order chi connectivity index (χ1) is 10.9. The molecule has 0 saturated carbocycles. The second-order valence-corrected chi connectivity index (χ2v) is 6.16. The van der Waals surface area contributed by atoms with Gasteiger partial charge in [-0.05, 0) is 20.8 Å². The molecule has 130 valence electrons. The molecule has 0 aromatic rings. The topological polar surface area (TPSA) is 82.2 Å². The van der Waals surface area contributed by atoms with Crippen molar-refractivity contribution in [2.45, 2.75) is 39.3 Å². The van der Waals surface area contributed by atoms with Crippen LogP contribution in [0.15, 0.2) is 0 Å². The summed E-state index contributed by atoms with van der Waals surface area (Å²) in [6, 6.07) is -0.157. The largest absolute Gasteiger partial charge is 0.450 e. The predicted octanol–water partition coefficient (Wildman–Crippen LogP) is 0.479. The van der Waals surface area contributed by atoms with E-state index >= 15 is 0 Å². The monoisotopic (exact) mass is 326 g/mol. The van der Waals surface area contributed by atoms with Crippen molar-refractivity contribution >= 4 is 18.0 Å². The molecule has 23 heavy (non-hydrogen) atoms. The molecule has 2 rings (SSSR count). The summed E-state index contributed by atoms with van der Waals surface area (Å²) in [5, 5.41) is 2.92. The zero-order valence-corrected chi connectivity index (χ0v) is 14.1. The number of piperazine rings is 1. The molecule has 8 heteroatoms. The van der Waals surface area contributed by atoms with E-state index in [1.165, 1.54) is 0 Å². The molecule has 4 amide bonds. The van der Waals surface area contributed by atoms with Gasteiger partial charge < -0.3 is 24.8 Å². The Balaban J connectivity index is 1.78. The normalized spacial score (nSPS) is 21.8. The summed E-state index contributed by atoms with van der Waals surface area (Å²) in [5.41, 5.74) is 0. The van der Waals surface area contributed by atoms with E-state index in [9.17, 15) is 14.4 Å². The van der Waals surface area contributed by atoms with E-state index in [2.05, 4.69) is 5.32 Å². The predicted molar refractivity (Wildman–Crippen MR) is 84.0 cm³/mol. The molecule has 0 spiro atoms. The first kappa shape index (κ1) is 17.4. The van der Waals surface area contributed by atoms with Crippen molar-refractivity contribution in [2.24, 2.45) is 0 Å². The SMILES string of the molecule is CCOC(=O)N1CCN(C(=O)NC2CC(=O)N(C(C)C)C2)CC1. The Kier molecular flexibility index (Phi) is 5.68. The smallest absolute Gasteiger partial charge is 0.409 e. The maximum absolute atomic E-state index is 12.3. The third kappa shape index (κ3) is 4.27. The maximum Gasteiger partial charge on any atom is 0.409 e. The first-order valence-corrected chi connectivity index (χ1v) is 8.19. The van der Waals surface area contributed by atoms with E-state index in [0.29, 0.717) is 45.8 Å². The molecule has 0 radical (unpaired) electrons. The summed E-state index contributed by atoms with van der Waals surface area (Å²) in [7, 11) is 0. The highest BCUT2D eigenvalue weighted by Gasteiger charge is 2.33. The van der Waals surface area contributed by atoms with Crippen LogP contribution in [-0.4, -0.2) is 84.1 Å². The van der Waals surface area contributed by atoms with Crippen LogP contribution in [0.5, 0.6) is 0 Å². The van der Waals surface area contributed by atoms with Gasteiger partial charge in [0.05, 0.1) is 12.6 Å². The molecule has 0 aromatic carbocycles. The van der Waals surface area contributed by atoms with Crippen LogP contribution in [-0.2, 0) is 9.53 Å². The molecular weight excluding hydrogens is 300 g/mol. The highest BCUT2D eigenvalue weighted by molar-refractivity contribution is 5.82. The molecule has 2 aliphatic rings. The minimum atomic E-state index is -0.332. The fourth-order valence-corrected chi connectivity index (χ4v) is 2.90. The van der Waals surface area contributed by atoms with Crippen LogP contribution in [0, 0.1) is 0 Å². The number of nitrogens with one attached hydrogen (secondary N) is 1. The van der Waals surface area contributed by atoms with E-state index in [1.807, 2.05) is 13.8 Å². The zero-order valence-electron chi connectivity index (χ0n) is 14.1. The molecule has 0 bridgehead atoms. The lowest BCUT2D eigenvalue weighted by Crippen LogP contribution is -2.55. The number of likely N-dealkylation sites (tertiary alicyclic amines) is 1. The van der Waals surface area contributed by atoms with Crippen molar-refractivity contribution in [1.82, 2.24) is 20.0 Å². The molecule has 1 N–H and O–H groups in total. The number of hydrogen-bond donors (Lipinski definition) is 1. The molecule has 1 atom stereocenters. The second kappa shape index (κ2) is 7.52. The third-order valence-electron chi connectivity index (χ3n) is 4.20. The zero-order chi connectivity index (χ0) is 17.0. The number of carbonyl (C=O) groups excluding carboxylic acids is 3. The molecule has 0 aliphatic carbocycles. The fraction of sp³-hybridized carbons (Fsp3) is 0.800. The van der Waals surface area contributed by atoms with Gasteiger partial charge in [-0.25, -0.2) is 9.59 Å². The van der Waals surface area contributed by atoms with Gasteiger partial charge in [0.25, 0.3) is 0 Å². The minimum absolute atomic E-state index is 0.0810. The van der Waals surface area contributed by atoms with Crippen LogP contribution >= 0.6 is 0 Å². The van der Waals surface area contributed by atoms with Crippen LogP contribution in [0.25, 0.3) is 0 Å². The lowest BCUT2D eigenvalue weighted by molar-refractivity contribution is -0.129. The Morgan fingerprint density at radius 3 is 2.35 bits per heavy atom. The van der Waals surface area contributed by atoms with Crippen LogP contribution in [0.4, 0.5) is 9.59 Å². The Morgan fingerprint density at radius 1 is 1.22 bits per heavy atom. The van der Waals surface area contributed by atoms with E-state index in [-0.39, 0.29) is 30.1 Å². The lowest BCUT2D eigenvalue weighted by Gasteiger charge is -2.34. The molecule has 2 fully saturated rings. The van der Waals surface area contributed by atoms with E-state index in [0.717, 1.165) is 0 Å². The number of nitrogens with zero attached hydrogens (tertiary/aromatic N) is 3. The Bertz CT molecular complexity index is 460. The summed E-state index contributed by atoms with van der Waals surface area (Å²) in [6.45, 7) is 8.49. The van der Waals surface area contributed by atoms with Gasteiger partial charge in [0.15, 0.2) is 0 Å². The number of urea groups is 1. The van der Waals surface area contributed by atoms with Crippen LogP contribution < -0.4 is 5.32 Å². The Labute approximate surface area is 136 Å². The highest BCUT2D eigenvalue weighted by atomic mass is 16.6. The van der Waals surface area contributed by atoms with Crippen LogP contribution in [0.1, 0.15) is 27.2 Å². The average Bonchev–Trinajstić information content (AvgIpc) is 2.88. The van der Waals surface area contributed by atoms with Crippen molar-refractivity contribution in [3.63, 3.8) is 0 Å². The van der Waals surface area contributed by atoms with E-state index in [1.54, 1.807) is 21.6 Å². The maximum atomic E-state index is 12.3. The van der Waals surface area contributed by atoms with Crippen LogP contribution in [0.2, 0.25) is 0 Å².